The number of methoxy groups -OCH3 is 1. The standard InChI is InChI=1S/C20H26N2O2S/c1-24-11-10-22(14-16-8-12-25-15-16)20(23)18-6-4-17(5-7-18)19-3-2-9-21-13-19/h4-8,12,15,19,21H,2-3,9-11,13-14H2,1H3/t19-/m0/s1. The maximum atomic E-state index is 12.9. The summed E-state index contributed by atoms with van der Waals surface area (Å²) < 4.78 is 5.18. The zero-order chi connectivity index (χ0) is 17.5. The van der Waals surface area contributed by atoms with Crippen molar-refractivity contribution in [3.63, 3.8) is 0 Å². The molecule has 1 aromatic carbocycles. The topological polar surface area (TPSA) is 41.6 Å². The molecule has 1 amide bonds. The number of piperidine rings is 1. The second-order valence-electron chi connectivity index (χ2n) is 6.52. The van der Waals surface area contributed by atoms with E-state index in [2.05, 4.69) is 28.9 Å². The van der Waals surface area contributed by atoms with Crippen molar-refractivity contribution in [1.29, 1.82) is 0 Å². The van der Waals surface area contributed by atoms with Gasteiger partial charge in [0.05, 0.1) is 6.61 Å². The van der Waals surface area contributed by atoms with Crippen LogP contribution in [-0.4, -0.2) is 44.2 Å². The highest BCUT2D eigenvalue weighted by atomic mass is 32.1. The van der Waals surface area contributed by atoms with Crippen LogP contribution in [0.2, 0.25) is 0 Å². The lowest BCUT2D eigenvalue weighted by molar-refractivity contribution is 0.0680. The Morgan fingerprint density at radius 3 is 2.80 bits per heavy atom. The lowest BCUT2D eigenvalue weighted by Gasteiger charge is -2.24. The van der Waals surface area contributed by atoms with Crippen LogP contribution in [0.1, 0.15) is 40.2 Å². The third-order valence-corrected chi connectivity index (χ3v) is 5.46. The van der Waals surface area contributed by atoms with Crippen LogP contribution < -0.4 is 5.32 Å². The summed E-state index contributed by atoms with van der Waals surface area (Å²) in [5, 5.41) is 7.58. The Hall–Kier alpha value is -1.69. The van der Waals surface area contributed by atoms with E-state index >= 15 is 0 Å². The number of rotatable bonds is 7. The first-order chi connectivity index (χ1) is 12.3. The van der Waals surface area contributed by atoms with Crippen LogP contribution in [-0.2, 0) is 11.3 Å². The highest BCUT2D eigenvalue weighted by Gasteiger charge is 2.18. The second-order valence-corrected chi connectivity index (χ2v) is 7.30. The summed E-state index contributed by atoms with van der Waals surface area (Å²) in [6.45, 7) is 3.91. The van der Waals surface area contributed by atoms with Crippen molar-refractivity contribution >= 4 is 17.2 Å². The molecule has 1 aliphatic heterocycles. The number of ether oxygens (including phenoxy) is 1. The largest absolute Gasteiger partial charge is 0.383 e. The Morgan fingerprint density at radius 1 is 1.32 bits per heavy atom. The molecule has 0 aliphatic carbocycles. The summed E-state index contributed by atoms with van der Waals surface area (Å²) in [6.07, 6.45) is 2.44. The molecule has 0 spiro atoms. The van der Waals surface area contributed by atoms with E-state index in [1.165, 1.54) is 24.0 Å². The fourth-order valence-corrected chi connectivity index (χ4v) is 3.93. The molecule has 3 rings (SSSR count). The smallest absolute Gasteiger partial charge is 0.254 e. The van der Waals surface area contributed by atoms with Gasteiger partial charge in [-0.1, -0.05) is 12.1 Å². The summed E-state index contributed by atoms with van der Waals surface area (Å²) in [6, 6.07) is 10.2. The maximum Gasteiger partial charge on any atom is 0.254 e. The lowest BCUT2D eigenvalue weighted by atomic mass is 9.91. The molecule has 1 atom stereocenters. The highest BCUT2D eigenvalue weighted by Crippen LogP contribution is 2.24. The van der Waals surface area contributed by atoms with E-state index in [1.54, 1.807) is 18.4 Å². The SMILES string of the molecule is COCCN(Cc1ccsc1)C(=O)c1ccc([C@H]2CCCNC2)cc1. The summed E-state index contributed by atoms with van der Waals surface area (Å²) in [5.41, 5.74) is 3.24. The molecule has 0 radical (unpaired) electrons. The van der Waals surface area contributed by atoms with Crippen LogP contribution in [0.25, 0.3) is 0 Å². The van der Waals surface area contributed by atoms with Crippen molar-refractivity contribution in [3.8, 4) is 0 Å². The summed E-state index contributed by atoms with van der Waals surface area (Å²) in [5.74, 6) is 0.630. The average molecular weight is 359 g/mol. The minimum atomic E-state index is 0.0663. The Labute approximate surface area is 153 Å². The molecule has 1 fully saturated rings. The number of hydrogen-bond donors (Lipinski definition) is 1. The number of thiophene rings is 1. The normalized spacial score (nSPS) is 17.4. The average Bonchev–Trinajstić information content (AvgIpc) is 3.18. The van der Waals surface area contributed by atoms with E-state index in [-0.39, 0.29) is 5.91 Å². The van der Waals surface area contributed by atoms with Crippen LogP contribution in [0, 0.1) is 0 Å². The molecule has 0 unspecified atom stereocenters. The summed E-state index contributed by atoms with van der Waals surface area (Å²) >= 11 is 1.66. The first kappa shape index (κ1) is 18.1. The predicted molar refractivity (Wildman–Crippen MR) is 102 cm³/mol. The Morgan fingerprint density at radius 2 is 2.16 bits per heavy atom. The molecule has 2 heterocycles. The van der Waals surface area contributed by atoms with Gasteiger partial charge in [0.15, 0.2) is 0 Å². The van der Waals surface area contributed by atoms with Crippen LogP contribution in [0.5, 0.6) is 0 Å². The number of carbonyl (C=O) groups is 1. The molecule has 0 bridgehead atoms. The Balaban J connectivity index is 1.69. The number of carbonyl (C=O) groups excluding carboxylic acids is 1. The second kappa shape index (κ2) is 9.13. The van der Waals surface area contributed by atoms with Gasteiger partial charge in [-0.3, -0.25) is 4.79 Å². The van der Waals surface area contributed by atoms with Crippen LogP contribution in [0.4, 0.5) is 0 Å². The maximum absolute atomic E-state index is 12.9. The molecule has 134 valence electrons. The fourth-order valence-electron chi connectivity index (χ4n) is 3.27. The number of benzene rings is 1. The van der Waals surface area contributed by atoms with Gasteiger partial charge in [-0.25, -0.2) is 0 Å². The van der Waals surface area contributed by atoms with Gasteiger partial charge in [0.1, 0.15) is 0 Å². The molecule has 0 saturated carbocycles. The molecule has 1 aliphatic rings. The van der Waals surface area contributed by atoms with Crippen LogP contribution >= 0.6 is 11.3 Å². The van der Waals surface area contributed by atoms with E-state index in [1.807, 2.05) is 22.4 Å². The highest BCUT2D eigenvalue weighted by molar-refractivity contribution is 7.07. The van der Waals surface area contributed by atoms with E-state index in [9.17, 15) is 4.79 Å². The van der Waals surface area contributed by atoms with Gasteiger partial charge in [-0.05, 0) is 65.4 Å². The predicted octanol–water partition coefficient (Wildman–Crippen LogP) is 3.50. The lowest BCUT2D eigenvalue weighted by Crippen LogP contribution is -2.33. The summed E-state index contributed by atoms with van der Waals surface area (Å²) in [7, 11) is 1.67. The van der Waals surface area contributed by atoms with Gasteiger partial charge in [0, 0.05) is 32.3 Å². The van der Waals surface area contributed by atoms with Gasteiger partial charge in [0.2, 0.25) is 0 Å². The quantitative estimate of drug-likeness (QED) is 0.824. The van der Waals surface area contributed by atoms with E-state index < -0.39 is 0 Å². The van der Waals surface area contributed by atoms with Crippen molar-refractivity contribution < 1.29 is 9.53 Å². The van der Waals surface area contributed by atoms with Gasteiger partial charge in [-0.2, -0.15) is 11.3 Å². The number of hydrogen-bond acceptors (Lipinski definition) is 4. The van der Waals surface area contributed by atoms with Gasteiger partial charge < -0.3 is 15.0 Å². The molecule has 2 aromatic rings. The van der Waals surface area contributed by atoms with E-state index in [4.69, 9.17) is 4.74 Å². The number of nitrogens with zero attached hydrogens (tertiary/aromatic N) is 1. The minimum Gasteiger partial charge on any atom is -0.383 e. The van der Waals surface area contributed by atoms with Crippen molar-refractivity contribution in [2.45, 2.75) is 25.3 Å². The number of amides is 1. The first-order valence-corrected chi connectivity index (χ1v) is 9.82. The molecular formula is C20H26N2O2S. The van der Waals surface area contributed by atoms with E-state index in [0.29, 0.717) is 25.6 Å². The monoisotopic (exact) mass is 358 g/mol. The third kappa shape index (κ3) is 4.91. The Bertz CT molecular complexity index is 649. The first-order valence-electron chi connectivity index (χ1n) is 8.88. The van der Waals surface area contributed by atoms with Crippen molar-refractivity contribution in [1.82, 2.24) is 10.2 Å². The molecule has 4 nitrogen and oxygen atoms in total. The van der Waals surface area contributed by atoms with Crippen molar-refractivity contribution in [2.24, 2.45) is 0 Å². The zero-order valence-electron chi connectivity index (χ0n) is 14.7. The number of nitrogens with one attached hydrogen (secondary N) is 1. The minimum absolute atomic E-state index is 0.0663. The van der Waals surface area contributed by atoms with Crippen LogP contribution in [0.3, 0.4) is 0 Å². The Kier molecular flexibility index (Phi) is 6.62. The molecule has 1 aromatic heterocycles. The van der Waals surface area contributed by atoms with Crippen molar-refractivity contribution in [2.75, 3.05) is 33.4 Å². The molecule has 1 saturated heterocycles. The molecule has 1 N–H and O–H groups in total. The third-order valence-electron chi connectivity index (χ3n) is 4.73. The van der Waals surface area contributed by atoms with Crippen molar-refractivity contribution in [3.05, 3.63) is 57.8 Å². The summed E-state index contributed by atoms with van der Waals surface area (Å²) in [4.78, 5) is 14.8. The van der Waals surface area contributed by atoms with E-state index in [0.717, 1.165) is 18.7 Å². The van der Waals surface area contributed by atoms with Gasteiger partial charge >= 0.3 is 0 Å². The molecule has 5 heteroatoms. The van der Waals surface area contributed by atoms with Crippen LogP contribution in [0.15, 0.2) is 41.1 Å². The molecule has 25 heavy (non-hydrogen) atoms. The fraction of sp³-hybridized carbons (Fsp3) is 0.450. The zero-order valence-corrected chi connectivity index (χ0v) is 15.6. The van der Waals surface area contributed by atoms with Gasteiger partial charge in [-0.15, -0.1) is 0 Å². The van der Waals surface area contributed by atoms with Gasteiger partial charge in [0.25, 0.3) is 5.91 Å². The molecular weight excluding hydrogens is 332 g/mol.